The van der Waals surface area contributed by atoms with Gasteiger partial charge in [-0.05, 0) is 42.0 Å². The fraction of sp³-hybridized carbons (Fsp3) is 0.133. The van der Waals surface area contributed by atoms with Crippen LogP contribution in [-0.2, 0) is 6.61 Å². The summed E-state index contributed by atoms with van der Waals surface area (Å²) in [5.74, 6) is 1.37. The van der Waals surface area contributed by atoms with Gasteiger partial charge in [-0.1, -0.05) is 22.0 Å². The number of rotatable bonds is 4. The lowest BCUT2D eigenvalue weighted by molar-refractivity contribution is 0.305. The smallest absolute Gasteiger partial charge is 0.137 e. The first-order valence-electron chi connectivity index (χ1n) is 5.68. The number of hydrogen-bond donors (Lipinski definition) is 0. The van der Waals surface area contributed by atoms with E-state index in [4.69, 9.17) is 14.7 Å². The van der Waals surface area contributed by atoms with Gasteiger partial charge in [0.05, 0.1) is 12.7 Å². The highest BCUT2D eigenvalue weighted by Gasteiger charge is 2.04. The number of methoxy groups -OCH3 is 1. The molecular weight excluding hydrogens is 306 g/mol. The van der Waals surface area contributed by atoms with Crippen molar-refractivity contribution >= 4 is 15.9 Å². The molecule has 19 heavy (non-hydrogen) atoms. The average Bonchev–Trinajstić information content (AvgIpc) is 2.46. The number of benzene rings is 2. The Morgan fingerprint density at radius 1 is 1.16 bits per heavy atom. The van der Waals surface area contributed by atoms with E-state index in [1.807, 2.05) is 36.4 Å². The molecule has 0 aliphatic rings. The minimum atomic E-state index is 0.434. The third-order valence-electron chi connectivity index (χ3n) is 2.61. The van der Waals surface area contributed by atoms with Crippen molar-refractivity contribution in [2.75, 3.05) is 7.11 Å². The van der Waals surface area contributed by atoms with Crippen molar-refractivity contribution in [3.63, 3.8) is 0 Å². The van der Waals surface area contributed by atoms with Crippen molar-refractivity contribution in [1.82, 2.24) is 0 Å². The van der Waals surface area contributed by atoms with Crippen molar-refractivity contribution in [3.05, 3.63) is 58.1 Å². The molecule has 0 fully saturated rings. The quantitative estimate of drug-likeness (QED) is 0.858. The van der Waals surface area contributed by atoms with Gasteiger partial charge in [-0.3, -0.25) is 0 Å². The Morgan fingerprint density at radius 2 is 1.89 bits per heavy atom. The van der Waals surface area contributed by atoms with E-state index in [0.29, 0.717) is 17.9 Å². The van der Waals surface area contributed by atoms with Crippen LogP contribution >= 0.6 is 15.9 Å². The van der Waals surface area contributed by atoms with Crippen LogP contribution in [0.15, 0.2) is 46.9 Å². The molecular formula is C15H12BrNO2. The topological polar surface area (TPSA) is 42.2 Å². The van der Waals surface area contributed by atoms with Crippen LogP contribution in [0.4, 0.5) is 0 Å². The molecule has 0 N–H and O–H groups in total. The normalized spacial score (nSPS) is 9.74. The molecule has 0 radical (unpaired) electrons. The second kappa shape index (κ2) is 6.26. The van der Waals surface area contributed by atoms with Crippen LogP contribution in [0.25, 0.3) is 0 Å². The molecule has 0 aliphatic carbocycles. The Balaban J connectivity index is 2.07. The van der Waals surface area contributed by atoms with E-state index in [-0.39, 0.29) is 0 Å². The molecule has 0 aliphatic heterocycles. The van der Waals surface area contributed by atoms with Gasteiger partial charge in [0.2, 0.25) is 0 Å². The average molecular weight is 318 g/mol. The second-order valence-electron chi connectivity index (χ2n) is 3.89. The van der Waals surface area contributed by atoms with Crippen LogP contribution < -0.4 is 9.47 Å². The molecule has 0 unspecified atom stereocenters. The number of nitriles is 1. The second-order valence-corrected chi connectivity index (χ2v) is 4.80. The van der Waals surface area contributed by atoms with Crippen molar-refractivity contribution in [2.45, 2.75) is 6.61 Å². The van der Waals surface area contributed by atoms with Gasteiger partial charge >= 0.3 is 0 Å². The van der Waals surface area contributed by atoms with E-state index < -0.39 is 0 Å². The van der Waals surface area contributed by atoms with Crippen LogP contribution in [0.1, 0.15) is 11.1 Å². The van der Waals surface area contributed by atoms with Gasteiger partial charge in [-0.15, -0.1) is 0 Å². The van der Waals surface area contributed by atoms with Crippen molar-refractivity contribution in [2.24, 2.45) is 0 Å². The molecule has 2 aromatic carbocycles. The summed E-state index contributed by atoms with van der Waals surface area (Å²) >= 11 is 3.37. The van der Waals surface area contributed by atoms with Crippen LogP contribution in [0, 0.1) is 11.3 Å². The van der Waals surface area contributed by atoms with Crippen LogP contribution in [-0.4, -0.2) is 7.11 Å². The fourth-order valence-corrected chi connectivity index (χ4v) is 1.88. The Hall–Kier alpha value is -1.99. The van der Waals surface area contributed by atoms with Crippen molar-refractivity contribution in [1.29, 1.82) is 5.26 Å². The molecule has 0 bridgehead atoms. The maximum atomic E-state index is 8.91. The van der Waals surface area contributed by atoms with Gasteiger partial charge < -0.3 is 9.47 Å². The van der Waals surface area contributed by atoms with E-state index in [1.54, 1.807) is 13.2 Å². The molecule has 0 spiro atoms. The molecule has 2 rings (SSSR count). The number of ether oxygens (including phenoxy) is 2. The first kappa shape index (κ1) is 13.4. The Morgan fingerprint density at radius 3 is 2.53 bits per heavy atom. The summed E-state index contributed by atoms with van der Waals surface area (Å²) < 4.78 is 11.8. The van der Waals surface area contributed by atoms with Gasteiger partial charge in [0, 0.05) is 4.47 Å². The van der Waals surface area contributed by atoms with Gasteiger partial charge in [0.15, 0.2) is 0 Å². The summed E-state index contributed by atoms with van der Waals surface area (Å²) in [5, 5.41) is 8.91. The van der Waals surface area contributed by atoms with Gasteiger partial charge in [-0.25, -0.2) is 0 Å². The van der Waals surface area contributed by atoms with E-state index in [0.717, 1.165) is 15.8 Å². The Bertz CT molecular complexity index is 603. The summed E-state index contributed by atoms with van der Waals surface area (Å²) in [6.07, 6.45) is 0. The van der Waals surface area contributed by atoms with Crippen LogP contribution in [0.5, 0.6) is 11.5 Å². The van der Waals surface area contributed by atoms with Gasteiger partial charge in [0.25, 0.3) is 0 Å². The lowest BCUT2D eigenvalue weighted by atomic mass is 10.1. The Labute approximate surface area is 120 Å². The first-order valence-corrected chi connectivity index (χ1v) is 6.47. The maximum Gasteiger partial charge on any atom is 0.137 e. The molecule has 0 saturated heterocycles. The summed E-state index contributed by atoms with van der Waals surface area (Å²) in [7, 11) is 1.55. The van der Waals surface area contributed by atoms with Crippen LogP contribution in [0.3, 0.4) is 0 Å². The summed E-state index contributed by atoms with van der Waals surface area (Å²) in [5.41, 5.74) is 1.48. The minimum absolute atomic E-state index is 0.434. The molecule has 2 aromatic rings. The third kappa shape index (κ3) is 3.49. The molecule has 96 valence electrons. The zero-order chi connectivity index (χ0) is 13.7. The lowest BCUT2D eigenvalue weighted by Crippen LogP contribution is -1.97. The minimum Gasteiger partial charge on any atom is -0.495 e. The highest BCUT2D eigenvalue weighted by atomic mass is 79.9. The highest BCUT2D eigenvalue weighted by Crippen LogP contribution is 2.21. The predicted molar refractivity (Wildman–Crippen MR) is 76.2 cm³/mol. The van der Waals surface area contributed by atoms with E-state index in [9.17, 15) is 0 Å². The largest absolute Gasteiger partial charge is 0.495 e. The highest BCUT2D eigenvalue weighted by molar-refractivity contribution is 9.10. The lowest BCUT2D eigenvalue weighted by Gasteiger charge is -2.08. The number of hydrogen-bond acceptors (Lipinski definition) is 3. The first-order chi connectivity index (χ1) is 9.22. The fourth-order valence-electron chi connectivity index (χ4n) is 1.62. The Kier molecular flexibility index (Phi) is 4.43. The third-order valence-corrected chi connectivity index (χ3v) is 3.13. The maximum absolute atomic E-state index is 8.91. The van der Waals surface area contributed by atoms with Crippen LogP contribution in [0.2, 0.25) is 0 Å². The predicted octanol–water partition coefficient (Wildman–Crippen LogP) is 3.91. The monoisotopic (exact) mass is 317 g/mol. The molecule has 4 heteroatoms. The molecule has 3 nitrogen and oxygen atoms in total. The molecule has 0 aromatic heterocycles. The zero-order valence-corrected chi connectivity index (χ0v) is 12.0. The summed E-state index contributed by atoms with van der Waals surface area (Å²) in [6, 6.07) is 15.1. The molecule has 0 atom stereocenters. The number of halogens is 1. The van der Waals surface area contributed by atoms with E-state index in [2.05, 4.69) is 22.0 Å². The molecule has 0 heterocycles. The van der Waals surface area contributed by atoms with Crippen molar-refractivity contribution in [3.8, 4) is 17.6 Å². The standard InChI is InChI=1S/C15H12BrNO2/c1-18-15-8-11(2-3-12(15)9-17)10-19-14-6-4-13(16)5-7-14/h2-8H,10H2,1H3. The van der Waals surface area contributed by atoms with E-state index >= 15 is 0 Å². The van der Waals surface area contributed by atoms with E-state index in [1.165, 1.54) is 0 Å². The zero-order valence-electron chi connectivity index (χ0n) is 10.4. The SMILES string of the molecule is COc1cc(COc2ccc(Br)cc2)ccc1C#N. The summed E-state index contributed by atoms with van der Waals surface area (Å²) in [4.78, 5) is 0. The van der Waals surface area contributed by atoms with Gasteiger partial charge in [0.1, 0.15) is 24.2 Å². The number of nitrogens with zero attached hydrogens (tertiary/aromatic N) is 1. The van der Waals surface area contributed by atoms with Crippen molar-refractivity contribution < 1.29 is 9.47 Å². The molecule has 0 amide bonds. The summed E-state index contributed by atoms with van der Waals surface area (Å²) in [6.45, 7) is 0.434. The van der Waals surface area contributed by atoms with Gasteiger partial charge in [-0.2, -0.15) is 5.26 Å². The molecule has 0 saturated carbocycles.